The molecule has 0 unspecified atom stereocenters. The van der Waals surface area contributed by atoms with Gasteiger partial charge in [0.1, 0.15) is 11.6 Å². The largest absolute Gasteiger partial charge is 0.495 e. The molecule has 1 fully saturated rings. The topological polar surface area (TPSA) is 102 Å². The Bertz CT molecular complexity index is 1190. The number of thiazole rings is 1. The highest BCUT2D eigenvalue weighted by atomic mass is 32.1. The maximum absolute atomic E-state index is 5.96. The molecule has 0 saturated carbocycles. The number of anilines is 3. The van der Waals surface area contributed by atoms with Crippen molar-refractivity contribution < 1.29 is 4.74 Å². The Morgan fingerprint density at radius 2 is 1.81 bits per heavy atom. The van der Waals surface area contributed by atoms with Crippen molar-refractivity contribution in [1.29, 1.82) is 0 Å². The van der Waals surface area contributed by atoms with Crippen LogP contribution in [0.3, 0.4) is 0 Å². The molecular weight excluding hydrogens is 422 g/mol. The molecule has 0 bridgehead atoms. The third kappa shape index (κ3) is 4.49. The van der Waals surface area contributed by atoms with Crippen LogP contribution in [0.15, 0.2) is 48.5 Å². The number of hydrogen-bond donors (Lipinski definition) is 2. The summed E-state index contributed by atoms with van der Waals surface area (Å²) >= 11 is 1.82. The van der Waals surface area contributed by atoms with E-state index in [9.17, 15) is 0 Å². The van der Waals surface area contributed by atoms with Crippen LogP contribution in [0.25, 0.3) is 10.2 Å². The van der Waals surface area contributed by atoms with Crippen LogP contribution in [0.1, 0.15) is 29.6 Å². The number of para-hydroxylation sites is 3. The van der Waals surface area contributed by atoms with E-state index in [1.54, 1.807) is 7.11 Å². The van der Waals surface area contributed by atoms with Crippen molar-refractivity contribution in [2.75, 3.05) is 31.2 Å². The van der Waals surface area contributed by atoms with E-state index in [-0.39, 0.29) is 5.95 Å². The summed E-state index contributed by atoms with van der Waals surface area (Å²) in [5.41, 5.74) is 7.85. The first kappa shape index (κ1) is 20.6. The minimum Gasteiger partial charge on any atom is -0.495 e. The fraction of sp³-hybridized carbons (Fsp3) is 0.304. The summed E-state index contributed by atoms with van der Waals surface area (Å²) in [6, 6.07) is 16.0. The molecule has 8 nitrogen and oxygen atoms in total. The molecule has 3 N–H and O–H groups in total. The lowest BCUT2D eigenvalue weighted by molar-refractivity contribution is 0.200. The van der Waals surface area contributed by atoms with Crippen molar-refractivity contribution >= 4 is 39.1 Å². The molecule has 164 valence electrons. The number of nitrogen functional groups attached to an aromatic ring is 1. The van der Waals surface area contributed by atoms with Crippen molar-refractivity contribution in [3.8, 4) is 5.75 Å². The number of nitrogens with one attached hydrogen (secondary N) is 1. The number of nitrogens with zero attached hydrogens (tertiary/aromatic N) is 5. The number of methoxy groups -OCH3 is 1. The SMILES string of the molecule is COc1ccccc1Nc1nc(N)nc(CN2CCC(c3nc4ccccc4s3)CC2)n1. The standard InChI is InChI=1S/C23H25N7OS/c1-31-18-8-4-2-6-16(18)26-23-28-20(27-22(24)29-23)14-30-12-10-15(11-13-30)21-25-17-7-3-5-9-19(17)32-21/h2-9,15H,10-14H2,1H3,(H3,24,26,27,28,29). The summed E-state index contributed by atoms with van der Waals surface area (Å²) in [7, 11) is 1.63. The first-order valence-electron chi connectivity index (χ1n) is 10.7. The summed E-state index contributed by atoms with van der Waals surface area (Å²) in [6.07, 6.45) is 2.15. The lowest BCUT2D eigenvalue weighted by Crippen LogP contribution is -2.33. The average Bonchev–Trinajstić information content (AvgIpc) is 3.24. The Hall–Kier alpha value is -3.30. The molecule has 1 aliphatic heterocycles. The van der Waals surface area contributed by atoms with Crippen molar-refractivity contribution in [3.05, 3.63) is 59.4 Å². The number of benzene rings is 2. The van der Waals surface area contributed by atoms with Crippen LogP contribution >= 0.6 is 11.3 Å². The third-order valence-corrected chi connectivity index (χ3v) is 6.86. The van der Waals surface area contributed by atoms with E-state index in [0.717, 1.165) is 37.1 Å². The zero-order chi connectivity index (χ0) is 21.9. The van der Waals surface area contributed by atoms with E-state index in [4.69, 9.17) is 15.5 Å². The van der Waals surface area contributed by atoms with Gasteiger partial charge < -0.3 is 15.8 Å². The summed E-state index contributed by atoms with van der Waals surface area (Å²) in [5, 5.41) is 4.44. The van der Waals surface area contributed by atoms with Crippen molar-refractivity contribution in [3.63, 3.8) is 0 Å². The lowest BCUT2D eigenvalue weighted by atomic mass is 9.97. The molecule has 0 radical (unpaired) electrons. The van der Waals surface area contributed by atoms with Crippen LogP contribution in [0, 0.1) is 0 Å². The monoisotopic (exact) mass is 447 g/mol. The number of ether oxygens (including phenoxy) is 1. The number of nitrogens with two attached hydrogens (primary N) is 1. The van der Waals surface area contributed by atoms with E-state index < -0.39 is 0 Å². The van der Waals surface area contributed by atoms with Crippen LogP contribution in [-0.2, 0) is 6.54 Å². The highest BCUT2D eigenvalue weighted by molar-refractivity contribution is 7.18. The number of hydrogen-bond acceptors (Lipinski definition) is 9. The lowest BCUT2D eigenvalue weighted by Gasteiger charge is -2.30. The molecule has 0 atom stereocenters. The van der Waals surface area contributed by atoms with Crippen LogP contribution in [-0.4, -0.2) is 45.0 Å². The zero-order valence-electron chi connectivity index (χ0n) is 17.9. The highest BCUT2D eigenvalue weighted by Crippen LogP contribution is 2.34. The molecule has 2 aromatic carbocycles. The van der Waals surface area contributed by atoms with E-state index in [1.807, 2.05) is 41.7 Å². The molecule has 2 aromatic heterocycles. The second-order valence-electron chi connectivity index (χ2n) is 7.83. The minimum absolute atomic E-state index is 0.205. The number of piperidine rings is 1. The Morgan fingerprint density at radius 3 is 2.62 bits per heavy atom. The number of rotatable bonds is 6. The van der Waals surface area contributed by atoms with Gasteiger partial charge in [0.05, 0.1) is 34.6 Å². The number of fused-ring (bicyclic) bond motifs is 1. The summed E-state index contributed by atoms with van der Waals surface area (Å²) in [4.78, 5) is 20.4. The molecule has 1 saturated heterocycles. The minimum atomic E-state index is 0.205. The van der Waals surface area contributed by atoms with Crippen LogP contribution in [0.2, 0.25) is 0 Å². The van der Waals surface area contributed by atoms with Gasteiger partial charge in [-0.3, -0.25) is 4.90 Å². The Kier molecular flexibility index (Phi) is 5.83. The van der Waals surface area contributed by atoms with E-state index in [1.165, 1.54) is 9.71 Å². The van der Waals surface area contributed by atoms with Gasteiger partial charge in [-0.05, 0) is 50.2 Å². The molecule has 0 spiro atoms. The van der Waals surface area contributed by atoms with Crippen molar-refractivity contribution in [1.82, 2.24) is 24.8 Å². The normalized spacial score (nSPS) is 15.2. The maximum Gasteiger partial charge on any atom is 0.232 e. The van der Waals surface area contributed by atoms with Gasteiger partial charge in [-0.2, -0.15) is 15.0 Å². The summed E-state index contributed by atoms with van der Waals surface area (Å²) in [5.74, 6) is 2.51. The Morgan fingerprint density at radius 1 is 1.03 bits per heavy atom. The average molecular weight is 448 g/mol. The predicted octanol–water partition coefficient (Wildman–Crippen LogP) is 4.20. The van der Waals surface area contributed by atoms with Gasteiger partial charge in [-0.1, -0.05) is 24.3 Å². The predicted molar refractivity (Wildman–Crippen MR) is 127 cm³/mol. The maximum atomic E-state index is 5.96. The van der Waals surface area contributed by atoms with E-state index in [0.29, 0.717) is 30.0 Å². The highest BCUT2D eigenvalue weighted by Gasteiger charge is 2.24. The second-order valence-corrected chi connectivity index (χ2v) is 8.89. The first-order chi connectivity index (χ1) is 15.7. The van der Waals surface area contributed by atoms with Gasteiger partial charge in [0.15, 0.2) is 0 Å². The van der Waals surface area contributed by atoms with Gasteiger partial charge in [-0.25, -0.2) is 4.98 Å². The van der Waals surface area contributed by atoms with E-state index in [2.05, 4.69) is 43.4 Å². The van der Waals surface area contributed by atoms with Gasteiger partial charge in [0, 0.05) is 5.92 Å². The van der Waals surface area contributed by atoms with Crippen LogP contribution in [0.4, 0.5) is 17.6 Å². The van der Waals surface area contributed by atoms with Gasteiger partial charge in [0.2, 0.25) is 11.9 Å². The molecule has 32 heavy (non-hydrogen) atoms. The molecule has 0 amide bonds. The number of aromatic nitrogens is 4. The second kappa shape index (κ2) is 9.05. The quantitative estimate of drug-likeness (QED) is 0.453. The van der Waals surface area contributed by atoms with Gasteiger partial charge in [0.25, 0.3) is 0 Å². The molecule has 5 rings (SSSR count). The number of likely N-dealkylation sites (tertiary alicyclic amines) is 1. The van der Waals surface area contributed by atoms with Crippen molar-refractivity contribution in [2.24, 2.45) is 0 Å². The van der Waals surface area contributed by atoms with Crippen LogP contribution in [0.5, 0.6) is 5.75 Å². The molecule has 3 heterocycles. The van der Waals surface area contributed by atoms with Crippen LogP contribution < -0.4 is 15.8 Å². The smallest absolute Gasteiger partial charge is 0.232 e. The fourth-order valence-electron chi connectivity index (χ4n) is 4.04. The molecule has 4 aromatic rings. The fourth-order valence-corrected chi connectivity index (χ4v) is 5.17. The zero-order valence-corrected chi connectivity index (χ0v) is 18.7. The van der Waals surface area contributed by atoms with Gasteiger partial charge >= 0.3 is 0 Å². The first-order valence-corrected chi connectivity index (χ1v) is 11.5. The molecule has 9 heteroatoms. The van der Waals surface area contributed by atoms with E-state index >= 15 is 0 Å². The van der Waals surface area contributed by atoms with Crippen molar-refractivity contribution in [2.45, 2.75) is 25.3 Å². The summed E-state index contributed by atoms with van der Waals surface area (Å²) < 4.78 is 6.65. The summed E-state index contributed by atoms with van der Waals surface area (Å²) in [6.45, 7) is 2.59. The molecular formula is C23H25N7OS. The Balaban J connectivity index is 1.24. The Labute approximate surface area is 190 Å². The molecule has 1 aliphatic rings. The van der Waals surface area contributed by atoms with Gasteiger partial charge in [-0.15, -0.1) is 11.3 Å². The third-order valence-electron chi connectivity index (χ3n) is 5.66. The molecule has 0 aliphatic carbocycles.